The Morgan fingerprint density at radius 3 is 2.30 bits per heavy atom. The van der Waals surface area contributed by atoms with Gasteiger partial charge in [-0.05, 0) is 25.5 Å². The van der Waals surface area contributed by atoms with Crippen molar-refractivity contribution >= 4 is 0 Å². The molecule has 1 heterocycles. The fourth-order valence-electron chi connectivity index (χ4n) is 2.61. The molecule has 1 aliphatic rings. The van der Waals surface area contributed by atoms with E-state index in [1.54, 1.807) is 0 Å². The molecule has 1 N–H and O–H groups in total. The second-order valence-electron chi connectivity index (χ2n) is 4.77. The van der Waals surface area contributed by atoms with Crippen molar-refractivity contribution in [3.05, 3.63) is 23.3 Å². The van der Waals surface area contributed by atoms with Gasteiger partial charge in [0.2, 0.25) is 0 Å². The normalized spacial score (nSPS) is 19.8. The minimum absolute atomic E-state index is 0.00915. The molecule has 0 spiro atoms. The monoisotopic (exact) mass is 289 g/mol. The molecule has 1 saturated heterocycles. The van der Waals surface area contributed by atoms with E-state index < -0.39 is 11.7 Å². The molecule has 0 aliphatic carbocycles. The predicted octanol–water partition coefficient (Wildman–Crippen LogP) is 3.54. The molecule has 0 amide bonds. The van der Waals surface area contributed by atoms with Crippen LogP contribution in [0.1, 0.15) is 36.4 Å². The Kier molecular flexibility index (Phi) is 4.42. The lowest BCUT2D eigenvalue weighted by Crippen LogP contribution is -2.27. The molecule has 6 heteroatoms. The summed E-state index contributed by atoms with van der Waals surface area (Å²) in [6.45, 7) is 0.858. The first kappa shape index (κ1) is 15.0. The van der Waals surface area contributed by atoms with E-state index in [0.29, 0.717) is 0 Å². The number of ether oxygens (including phenoxy) is 2. The van der Waals surface area contributed by atoms with Crippen LogP contribution in [-0.2, 0) is 6.18 Å². The summed E-state index contributed by atoms with van der Waals surface area (Å²) in [4.78, 5) is 0. The molecular weight excluding hydrogens is 271 g/mol. The van der Waals surface area contributed by atoms with E-state index in [0.717, 1.165) is 37.4 Å². The van der Waals surface area contributed by atoms with E-state index in [9.17, 15) is 13.2 Å². The quantitative estimate of drug-likeness (QED) is 0.923. The van der Waals surface area contributed by atoms with Gasteiger partial charge in [-0.2, -0.15) is 13.2 Å². The molecule has 1 unspecified atom stereocenters. The van der Waals surface area contributed by atoms with E-state index in [1.807, 2.05) is 0 Å². The second kappa shape index (κ2) is 5.91. The third kappa shape index (κ3) is 2.85. The van der Waals surface area contributed by atoms with Crippen LogP contribution in [0.2, 0.25) is 0 Å². The van der Waals surface area contributed by atoms with E-state index in [-0.39, 0.29) is 17.5 Å². The zero-order valence-corrected chi connectivity index (χ0v) is 11.5. The van der Waals surface area contributed by atoms with Crippen molar-refractivity contribution < 1.29 is 22.6 Å². The minimum Gasteiger partial charge on any atom is -0.492 e. The standard InChI is InChI=1S/C14H18F3NO2/c1-19-12-9(11-5-3-4-8-18-11)6-7-10(13(12)20-2)14(15,16)17/h6-7,11,18H,3-5,8H2,1-2H3. The van der Waals surface area contributed by atoms with Crippen LogP contribution in [0.25, 0.3) is 0 Å². The number of piperidine rings is 1. The Bertz CT molecular complexity index is 468. The van der Waals surface area contributed by atoms with Crippen molar-refractivity contribution in [2.24, 2.45) is 0 Å². The van der Waals surface area contributed by atoms with Crippen molar-refractivity contribution in [3.8, 4) is 11.5 Å². The van der Waals surface area contributed by atoms with Gasteiger partial charge in [0.05, 0.1) is 14.2 Å². The van der Waals surface area contributed by atoms with Crippen LogP contribution >= 0.6 is 0 Å². The number of alkyl halides is 3. The van der Waals surface area contributed by atoms with Gasteiger partial charge >= 0.3 is 6.18 Å². The first-order chi connectivity index (χ1) is 9.49. The van der Waals surface area contributed by atoms with Crippen LogP contribution in [0.4, 0.5) is 13.2 Å². The first-order valence-electron chi connectivity index (χ1n) is 6.54. The summed E-state index contributed by atoms with van der Waals surface area (Å²) in [5, 5.41) is 3.30. The molecule has 1 atom stereocenters. The summed E-state index contributed by atoms with van der Waals surface area (Å²) in [6, 6.07) is 2.55. The van der Waals surface area contributed by atoms with Gasteiger partial charge in [0.25, 0.3) is 0 Å². The highest BCUT2D eigenvalue weighted by Gasteiger charge is 2.37. The van der Waals surface area contributed by atoms with E-state index >= 15 is 0 Å². The van der Waals surface area contributed by atoms with Crippen molar-refractivity contribution in [2.75, 3.05) is 20.8 Å². The topological polar surface area (TPSA) is 30.5 Å². The third-order valence-electron chi connectivity index (χ3n) is 3.54. The average molecular weight is 289 g/mol. The molecule has 0 aromatic heterocycles. The number of hydrogen-bond donors (Lipinski definition) is 1. The maximum absolute atomic E-state index is 13.0. The SMILES string of the molecule is COc1c(C2CCCCN2)ccc(C(F)(F)F)c1OC. The van der Waals surface area contributed by atoms with Crippen LogP contribution in [0.15, 0.2) is 12.1 Å². The fraction of sp³-hybridized carbons (Fsp3) is 0.571. The predicted molar refractivity (Wildman–Crippen MR) is 69.1 cm³/mol. The number of nitrogens with one attached hydrogen (secondary N) is 1. The maximum atomic E-state index is 13.0. The minimum atomic E-state index is -4.46. The van der Waals surface area contributed by atoms with Crippen LogP contribution in [-0.4, -0.2) is 20.8 Å². The van der Waals surface area contributed by atoms with Crippen molar-refractivity contribution in [2.45, 2.75) is 31.5 Å². The number of benzene rings is 1. The molecule has 0 saturated carbocycles. The summed E-state index contributed by atoms with van der Waals surface area (Å²) in [5.74, 6) is -0.0772. The Hall–Kier alpha value is -1.43. The van der Waals surface area contributed by atoms with E-state index in [1.165, 1.54) is 20.3 Å². The fourth-order valence-corrected chi connectivity index (χ4v) is 2.61. The molecule has 1 aromatic rings. The molecule has 0 bridgehead atoms. The third-order valence-corrected chi connectivity index (χ3v) is 3.54. The molecule has 3 nitrogen and oxygen atoms in total. The van der Waals surface area contributed by atoms with Gasteiger partial charge in [0, 0.05) is 11.6 Å². The Morgan fingerprint density at radius 2 is 1.80 bits per heavy atom. The second-order valence-corrected chi connectivity index (χ2v) is 4.77. The summed E-state index contributed by atoms with van der Waals surface area (Å²) < 4.78 is 49.1. The van der Waals surface area contributed by atoms with Crippen LogP contribution in [0.5, 0.6) is 11.5 Å². The van der Waals surface area contributed by atoms with Crippen LogP contribution < -0.4 is 14.8 Å². The van der Waals surface area contributed by atoms with E-state index in [4.69, 9.17) is 9.47 Å². The highest BCUT2D eigenvalue weighted by atomic mass is 19.4. The van der Waals surface area contributed by atoms with Gasteiger partial charge in [-0.1, -0.05) is 12.5 Å². The van der Waals surface area contributed by atoms with E-state index in [2.05, 4.69) is 5.32 Å². The lowest BCUT2D eigenvalue weighted by molar-refractivity contribution is -0.138. The highest BCUT2D eigenvalue weighted by molar-refractivity contribution is 5.54. The molecular formula is C14H18F3NO2. The largest absolute Gasteiger partial charge is 0.492 e. The summed E-state index contributed by atoms with van der Waals surface area (Å²) in [6.07, 6.45) is -1.46. The first-order valence-corrected chi connectivity index (χ1v) is 6.54. The molecule has 20 heavy (non-hydrogen) atoms. The Morgan fingerprint density at radius 1 is 1.10 bits per heavy atom. The molecule has 1 aromatic carbocycles. The lowest BCUT2D eigenvalue weighted by atomic mass is 9.95. The zero-order valence-electron chi connectivity index (χ0n) is 11.5. The molecule has 1 aliphatic heterocycles. The average Bonchev–Trinajstić information content (AvgIpc) is 2.45. The maximum Gasteiger partial charge on any atom is 0.420 e. The summed E-state index contributed by atoms with van der Waals surface area (Å²) in [7, 11) is 2.59. The zero-order chi connectivity index (χ0) is 14.8. The number of methoxy groups -OCH3 is 2. The number of hydrogen-bond acceptors (Lipinski definition) is 3. The van der Waals surface area contributed by atoms with Gasteiger partial charge in [0.15, 0.2) is 11.5 Å². The summed E-state index contributed by atoms with van der Waals surface area (Å²) in [5.41, 5.74) is -0.0894. The van der Waals surface area contributed by atoms with Crippen LogP contribution in [0, 0.1) is 0 Å². The van der Waals surface area contributed by atoms with Gasteiger partial charge in [0.1, 0.15) is 5.56 Å². The Labute approximate surface area is 116 Å². The number of halogens is 3. The van der Waals surface area contributed by atoms with Crippen molar-refractivity contribution in [1.82, 2.24) is 5.32 Å². The van der Waals surface area contributed by atoms with Gasteiger partial charge in [-0.15, -0.1) is 0 Å². The highest BCUT2D eigenvalue weighted by Crippen LogP contribution is 2.45. The molecule has 112 valence electrons. The lowest BCUT2D eigenvalue weighted by Gasteiger charge is -2.27. The van der Waals surface area contributed by atoms with Gasteiger partial charge in [-0.25, -0.2) is 0 Å². The van der Waals surface area contributed by atoms with Crippen molar-refractivity contribution in [3.63, 3.8) is 0 Å². The summed E-state index contributed by atoms with van der Waals surface area (Å²) >= 11 is 0. The number of rotatable bonds is 3. The van der Waals surface area contributed by atoms with Gasteiger partial charge in [-0.3, -0.25) is 0 Å². The molecule has 0 radical (unpaired) electrons. The molecule has 1 fully saturated rings. The van der Waals surface area contributed by atoms with Gasteiger partial charge < -0.3 is 14.8 Å². The smallest absolute Gasteiger partial charge is 0.420 e. The molecule has 2 rings (SSSR count). The van der Waals surface area contributed by atoms with Crippen LogP contribution in [0.3, 0.4) is 0 Å². The van der Waals surface area contributed by atoms with Crippen molar-refractivity contribution in [1.29, 1.82) is 0 Å². The Balaban J connectivity index is 2.48.